The van der Waals surface area contributed by atoms with E-state index in [-0.39, 0.29) is 51.4 Å². The van der Waals surface area contributed by atoms with Crippen LogP contribution in [0.4, 0.5) is 23.4 Å². The molecule has 0 bridgehead atoms. The van der Waals surface area contributed by atoms with Crippen molar-refractivity contribution in [1.82, 2.24) is 14.7 Å². The van der Waals surface area contributed by atoms with Crippen molar-refractivity contribution in [2.75, 3.05) is 24.5 Å². The van der Waals surface area contributed by atoms with Crippen molar-refractivity contribution in [1.29, 1.82) is 0 Å². The zero-order chi connectivity index (χ0) is 32.6. The molecule has 4 aromatic rings. The summed E-state index contributed by atoms with van der Waals surface area (Å²) in [4.78, 5) is 32.1. The quantitative estimate of drug-likeness (QED) is 0.139. The van der Waals surface area contributed by atoms with Gasteiger partial charge in [-0.2, -0.15) is 45.3 Å². The first-order valence-electron chi connectivity index (χ1n) is 15.7. The lowest BCUT2D eigenvalue weighted by atomic mass is 9.74. The predicted molar refractivity (Wildman–Crippen MR) is 188 cm³/mol. The molecule has 0 spiro atoms. The van der Waals surface area contributed by atoms with Gasteiger partial charge in [0.05, 0.1) is 22.9 Å². The lowest BCUT2D eigenvalue weighted by Crippen LogP contribution is -2.45. The molecule has 0 N–H and O–H groups in total. The molecule has 3 aromatic carbocycles. The van der Waals surface area contributed by atoms with Crippen LogP contribution < -0.4 is 4.90 Å². The number of hydrogen-bond acceptors (Lipinski definition) is 4. The number of ketones is 1. The predicted octanol–water partition coefficient (Wildman–Crippen LogP) is 7.88. The van der Waals surface area contributed by atoms with E-state index in [1.807, 2.05) is 37.3 Å². The first-order chi connectivity index (χ1) is 22.0. The topological polar surface area (TPSA) is 58.4 Å². The van der Waals surface area contributed by atoms with Crippen LogP contribution in [-0.4, -0.2) is 46.0 Å². The minimum Gasteiger partial charge on any atom is -0.297 e. The number of piperidine rings is 1. The minimum atomic E-state index is -4.62. The van der Waals surface area contributed by atoms with Gasteiger partial charge in [0.25, 0.3) is 0 Å². The third-order valence-corrected chi connectivity index (χ3v) is 9.24. The summed E-state index contributed by atoms with van der Waals surface area (Å²) >= 11 is 0. The number of carbonyl (C=O) groups is 2. The number of likely N-dealkylation sites (tertiary alicyclic amines) is 1. The van der Waals surface area contributed by atoms with Crippen LogP contribution in [0.25, 0.3) is 5.69 Å². The van der Waals surface area contributed by atoms with Crippen molar-refractivity contribution in [2.45, 2.75) is 51.7 Å². The first kappa shape index (κ1) is 37.2. The SMILES string of the molecule is CCN1C(=O)[C@@H](CC(=O)c2cccc(C(F)(F)F)c2)[C@@H](c2ccc(F)cc2)c2c(CN3CCC(C)CC3)nn(-c3ccccc3)c21.S.S. The van der Waals surface area contributed by atoms with Gasteiger partial charge in [0.1, 0.15) is 11.6 Å². The van der Waals surface area contributed by atoms with Crippen molar-refractivity contribution >= 4 is 44.5 Å². The molecule has 0 saturated carbocycles. The van der Waals surface area contributed by atoms with Crippen LogP contribution in [0.5, 0.6) is 0 Å². The number of alkyl halides is 3. The molecular formula is C36H40F4N4O2S2. The van der Waals surface area contributed by atoms with Crippen LogP contribution in [0.15, 0.2) is 78.9 Å². The normalized spacial score (nSPS) is 18.5. The van der Waals surface area contributed by atoms with Gasteiger partial charge in [-0.25, -0.2) is 9.07 Å². The highest BCUT2D eigenvalue weighted by Crippen LogP contribution is 2.48. The molecule has 1 saturated heterocycles. The van der Waals surface area contributed by atoms with Gasteiger partial charge in [0.2, 0.25) is 5.91 Å². The van der Waals surface area contributed by atoms with E-state index in [0.29, 0.717) is 23.8 Å². The number of benzene rings is 3. The molecule has 256 valence electrons. The van der Waals surface area contributed by atoms with Gasteiger partial charge < -0.3 is 0 Å². The summed E-state index contributed by atoms with van der Waals surface area (Å²) in [7, 11) is 0. The number of hydrogen-bond donors (Lipinski definition) is 0. The summed E-state index contributed by atoms with van der Waals surface area (Å²) in [6, 6.07) is 19.7. The van der Waals surface area contributed by atoms with E-state index < -0.39 is 35.2 Å². The van der Waals surface area contributed by atoms with Crippen molar-refractivity contribution in [2.24, 2.45) is 11.8 Å². The average molecular weight is 701 g/mol. The highest BCUT2D eigenvalue weighted by molar-refractivity contribution is 7.59. The monoisotopic (exact) mass is 700 g/mol. The zero-order valence-corrected chi connectivity index (χ0v) is 28.8. The lowest BCUT2D eigenvalue weighted by Gasteiger charge is -2.38. The number of fused-ring (bicyclic) bond motifs is 1. The summed E-state index contributed by atoms with van der Waals surface area (Å²) in [5.41, 5.74) is 1.89. The average Bonchev–Trinajstić information content (AvgIpc) is 3.41. The van der Waals surface area contributed by atoms with E-state index in [9.17, 15) is 27.2 Å². The largest absolute Gasteiger partial charge is 0.416 e. The Balaban J connectivity index is 0.00000260. The molecular weight excluding hydrogens is 661 g/mol. The van der Waals surface area contributed by atoms with Gasteiger partial charge >= 0.3 is 6.18 Å². The number of halogens is 4. The summed E-state index contributed by atoms with van der Waals surface area (Å²) < 4.78 is 56.5. The van der Waals surface area contributed by atoms with E-state index in [2.05, 4.69) is 11.8 Å². The standard InChI is InChI=1S/C36H36F4N4O2.2H2S/c1-3-43-34-33(30(22-42-18-16-23(2)17-19-42)41-44(34)28-10-5-4-6-11-28)32(24-12-14-27(37)15-13-24)29(35(43)46)21-31(45)25-8-7-9-26(20-25)36(38,39)40;;/h4-15,20,23,29,32H,3,16-19,21-22H2,1-2H3;2*1H2/t29-,32+;;/m0../s1. The van der Waals surface area contributed by atoms with Crippen molar-refractivity contribution in [3.05, 3.63) is 113 Å². The van der Waals surface area contributed by atoms with Crippen molar-refractivity contribution < 1.29 is 27.2 Å². The molecule has 1 fully saturated rings. The number of rotatable bonds is 8. The molecule has 2 atom stereocenters. The second-order valence-electron chi connectivity index (χ2n) is 12.3. The minimum absolute atomic E-state index is 0. The number of para-hydroxylation sites is 1. The van der Waals surface area contributed by atoms with Gasteiger partial charge in [0, 0.05) is 36.6 Å². The molecule has 0 unspecified atom stereocenters. The number of Topliss-reactive ketones (excluding diaryl/α,β-unsaturated/α-hetero) is 1. The molecule has 0 radical (unpaired) electrons. The van der Waals surface area contributed by atoms with Crippen LogP contribution in [0.2, 0.25) is 0 Å². The van der Waals surface area contributed by atoms with Crippen LogP contribution >= 0.6 is 27.0 Å². The highest BCUT2D eigenvalue weighted by Gasteiger charge is 2.46. The molecule has 6 nitrogen and oxygen atoms in total. The zero-order valence-electron chi connectivity index (χ0n) is 26.8. The van der Waals surface area contributed by atoms with Crippen LogP contribution in [0.3, 0.4) is 0 Å². The fourth-order valence-corrected chi connectivity index (χ4v) is 6.76. The maximum Gasteiger partial charge on any atom is 0.416 e. The number of amides is 1. The molecule has 2 aliphatic heterocycles. The Morgan fingerprint density at radius 1 is 0.938 bits per heavy atom. The molecule has 6 rings (SSSR count). The fraction of sp³-hybridized carbons (Fsp3) is 0.361. The molecule has 48 heavy (non-hydrogen) atoms. The third-order valence-electron chi connectivity index (χ3n) is 9.24. The smallest absolute Gasteiger partial charge is 0.297 e. The maximum absolute atomic E-state index is 14.4. The Labute approximate surface area is 292 Å². The summed E-state index contributed by atoms with van der Waals surface area (Å²) in [5.74, 6) is -1.77. The molecule has 3 heterocycles. The van der Waals surface area contributed by atoms with Gasteiger partial charge in [-0.3, -0.25) is 19.4 Å². The molecule has 0 aliphatic carbocycles. The van der Waals surface area contributed by atoms with E-state index in [1.54, 1.807) is 21.7 Å². The number of nitrogens with zero attached hydrogens (tertiary/aromatic N) is 4. The van der Waals surface area contributed by atoms with E-state index in [4.69, 9.17) is 5.10 Å². The van der Waals surface area contributed by atoms with Gasteiger partial charge in [-0.05, 0) is 80.7 Å². The summed E-state index contributed by atoms with van der Waals surface area (Å²) in [5, 5.41) is 5.11. The lowest BCUT2D eigenvalue weighted by molar-refractivity contribution is -0.137. The Morgan fingerprint density at radius 3 is 2.23 bits per heavy atom. The second kappa shape index (κ2) is 15.3. The number of aromatic nitrogens is 2. The number of carbonyl (C=O) groups excluding carboxylic acids is 2. The second-order valence-corrected chi connectivity index (χ2v) is 12.3. The Kier molecular flexibility index (Phi) is 11.9. The number of anilines is 1. The molecule has 12 heteroatoms. The van der Waals surface area contributed by atoms with Crippen molar-refractivity contribution in [3.63, 3.8) is 0 Å². The van der Waals surface area contributed by atoms with E-state index in [0.717, 1.165) is 55.0 Å². The fourth-order valence-electron chi connectivity index (χ4n) is 6.76. The highest BCUT2D eigenvalue weighted by atomic mass is 32.1. The van der Waals surface area contributed by atoms with E-state index >= 15 is 0 Å². The van der Waals surface area contributed by atoms with Crippen LogP contribution in [0, 0.1) is 17.7 Å². The summed E-state index contributed by atoms with van der Waals surface area (Å²) in [6.45, 7) is 6.68. The molecule has 1 amide bonds. The van der Waals surface area contributed by atoms with Gasteiger partial charge in [-0.15, -0.1) is 0 Å². The van der Waals surface area contributed by atoms with Gasteiger partial charge in [-0.1, -0.05) is 49.4 Å². The molecule has 1 aromatic heterocycles. The van der Waals surface area contributed by atoms with Crippen LogP contribution in [0.1, 0.15) is 71.8 Å². The third kappa shape index (κ3) is 7.50. The molecule has 2 aliphatic rings. The van der Waals surface area contributed by atoms with Crippen LogP contribution in [-0.2, 0) is 17.5 Å². The first-order valence-corrected chi connectivity index (χ1v) is 15.7. The van der Waals surface area contributed by atoms with E-state index in [1.165, 1.54) is 24.3 Å². The van der Waals surface area contributed by atoms with Crippen molar-refractivity contribution in [3.8, 4) is 5.69 Å². The maximum atomic E-state index is 14.4. The Bertz CT molecular complexity index is 1720. The summed E-state index contributed by atoms with van der Waals surface area (Å²) in [6.07, 6.45) is -2.84. The Hall–Kier alpha value is -3.61. The van der Waals surface area contributed by atoms with Gasteiger partial charge in [0.15, 0.2) is 5.78 Å². The Morgan fingerprint density at radius 2 is 1.60 bits per heavy atom.